The number of aliphatic hydroxyl groups is 1. The fraction of sp³-hybridized carbons (Fsp3) is 0.364. The van der Waals surface area contributed by atoms with E-state index in [0.717, 1.165) is 4.47 Å². The second-order valence-corrected chi connectivity index (χ2v) is 4.41. The van der Waals surface area contributed by atoms with E-state index in [-0.39, 0.29) is 18.6 Å². The zero-order valence-electron chi connectivity index (χ0n) is 9.03. The highest BCUT2D eigenvalue weighted by Crippen LogP contribution is 2.18. The SMILES string of the molecule is CC[C@@H](CO)NC(=O)c1ccc(Br)cc1N. The van der Waals surface area contributed by atoms with Crippen LogP contribution in [0.25, 0.3) is 0 Å². The van der Waals surface area contributed by atoms with Crippen LogP contribution in [0, 0.1) is 0 Å². The molecule has 4 nitrogen and oxygen atoms in total. The van der Waals surface area contributed by atoms with Crippen LogP contribution in [0.3, 0.4) is 0 Å². The Morgan fingerprint density at radius 1 is 1.62 bits per heavy atom. The Balaban J connectivity index is 2.80. The number of nitrogen functional groups attached to an aromatic ring is 1. The normalized spacial score (nSPS) is 12.2. The smallest absolute Gasteiger partial charge is 0.253 e. The first-order valence-electron chi connectivity index (χ1n) is 5.05. The molecule has 1 aromatic carbocycles. The first kappa shape index (κ1) is 13.0. The fourth-order valence-corrected chi connectivity index (χ4v) is 1.66. The number of nitrogens with one attached hydrogen (secondary N) is 1. The number of nitrogens with two attached hydrogens (primary N) is 1. The number of hydrogen-bond acceptors (Lipinski definition) is 3. The lowest BCUT2D eigenvalue weighted by atomic mass is 10.1. The summed E-state index contributed by atoms with van der Waals surface area (Å²) in [6.45, 7) is 1.82. The van der Waals surface area contributed by atoms with E-state index in [2.05, 4.69) is 21.2 Å². The van der Waals surface area contributed by atoms with Crippen LogP contribution in [0.2, 0.25) is 0 Å². The molecule has 0 heterocycles. The first-order valence-corrected chi connectivity index (χ1v) is 5.84. The number of amides is 1. The third-order valence-corrected chi connectivity index (χ3v) is 2.80. The van der Waals surface area contributed by atoms with E-state index in [9.17, 15) is 4.79 Å². The van der Waals surface area contributed by atoms with E-state index < -0.39 is 0 Å². The molecule has 0 fully saturated rings. The molecule has 0 unspecified atom stereocenters. The summed E-state index contributed by atoms with van der Waals surface area (Å²) in [7, 11) is 0. The summed E-state index contributed by atoms with van der Waals surface area (Å²) in [5, 5.41) is 11.7. The predicted octanol–water partition coefficient (Wildman–Crippen LogP) is 1.53. The van der Waals surface area contributed by atoms with Gasteiger partial charge in [-0.2, -0.15) is 0 Å². The number of hydrogen-bond donors (Lipinski definition) is 3. The number of anilines is 1. The summed E-state index contributed by atoms with van der Waals surface area (Å²) < 4.78 is 0.829. The molecule has 4 N–H and O–H groups in total. The molecule has 0 spiro atoms. The average Bonchev–Trinajstić information content (AvgIpc) is 2.25. The summed E-state index contributed by atoms with van der Waals surface area (Å²) in [6, 6.07) is 4.86. The maximum absolute atomic E-state index is 11.8. The van der Waals surface area contributed by atoms with Gasteiger partial charge in [-0.3, -0.25) is 4.79 Å². The van der Waals surface area contributed by atoms with Crippen molar-refractivity contribution in [1.82, 2.24) is 5.32 Å². The van der Waals surface area contributed by atoms with Crippen molar-refractivity contribution in [3.63, 3.8) is 0 Å². The van der Waals surface area contributed by atoms with Crippen molar-refractivity contribution < 1.29 is 9.90 Å². The highest BCUT2D eigenvalue weighted by molar-refractivity contribution is 9.10. The van der Waals surface area contributed by atoms with E-state index in [4.69, 9.17) is 10.8 Å². The van der Waals surface area contributed by atoms with E-state index >= 15 is 0 Å². The lowest BCUT2D eigenvalue weighted by molar-refractivity contribution is 0.0916. The van der Waals surface area contributed by atoms with Gasteiger partial charge in [0.05, 0.1) is 18.2 Å². The van der Waals surface area contributed by atoms with Gasteiger partial charge in [0.15, 0.2) is 0 Å². The maximum Gasteiger partial charge on any atom is 0.253 e. The zero-order valence-corrected chi connectivity index (χ0v) is 10.6. The van der Waals surface area contributed by atoms with Crippen LogP contribution in [0.5, 0.6) is 0 Å². The van der Waals surface area contributed by atoms with Crippen LogP contribution in [-0.2, 0) is 0 Å². The Morgan fingerprint density at radius 3 is 2.81 bits per heavy atom. The van der Waals surface area contributed by atoms with Gasteiger partial charge in [-0.15, -0.1) is 0 Å². The van der Waals surface area contributed by atoms with E-state index in [1.807, 2.05) is 6.92 Å². The molecule has 5 heteroatoms. The van der Waals surface area contributed by atoms with Crippen LogP contribution < -0.4 is 11.1 Å². The molecule has 0 aliphatic carbocycles. The van der Waals surface area contributed by atoms with Crippen molar-refractivity contribution in [3.8, 4) is 0 Å². The summed E-state index contributed by atoms with van der Waals surface area (Å²) in [5.74, 6) is -0.258. The molecule has 1 amide bonds. The molecule has 16 heavy (non-hydrogen) atoms. The molecule has 0 bridgehead atoms. The van der Waals surface area contributed by atoms with Gasteiger partial charge in [0.1, 0.15) is 0 Å². The third-order valence-electron chi connectivity index (χ3n) is 2.31. The molecule has 0 aromatic heterocycles. The zero-order chi connectivity index (χ0) is 12.1. The van der Waals surface area contributed by atoms with Crippen molar-refractivity contribution in [2.75, 3.05) is 12.3 Å². The second-order valence-electron chi connectivity index (χ2n) is 3.49. The van der Waals surface area contributed by atoms with Gasteiger partial charge in [0.2, 0.25) is 0 Å². The van der Waals surface area contributed by atoms with Gasteiger partial charge in [-0.25, -0.2) is 0 Å². The monoisotopic (exact) mass is 286 g/mol. The number of carbonyl (C=O) groups excluding carboxylic acids is 1. The lowest BCUT2D eigenvalue weighted by Crippen LogP contribution is -2.37. The molecular formula is C11H15BrN2O2. The minimum atomic E-state index is -0.258. The largest absolute Gasteiger partial charge is 0.398 e. The Hall–Kier alpha value is -1.07. The highest BCUT2D eigenvalue weighted by atomic mass is 79.9. The summed E-state index contributed by atoms with van der Waals surface area (Å²) in [4.78, 5) is 11.8. The summed E-state index contributed by atoms with van der Waals surface area (Å²) in [6.07, 6.45) is 0.679. The molecule has 1 atom stereocenters. The molecule has 0 radical (unpaired) electrons. The topological polar surface area (TPSA) is 75.3 Å². The van der Waals surface area contributed by atoms with Gasteiger partial charge in [0, 0.05) is 10.2 Å². The number of carbonyl (C=O) groups is 1. The number of rotatable bonds is 4. The standard InChI is InChI=1S/C11H15BrN2O2/c1-2-8(6-15)14-11(16)9-4-3-7(12)5-10(9)13/h3-5,8,15H,2,6,13H2,1H3,(H,14,16)/t8-/m0/s1. The van der Waals surface area contributed by atoms with Gasteiger partial charge in [-0.1, -0.05) is 22.9 Å². The van der Waals surface area contributed by atoms with Gasteiger partial charge in [-0.05, 0) is 24.6 Å². The molecule has 0 aliphatic heterocycles. The van der Waals surface area contributed by atoms with Crippen LogP contribution in [-0.4, -0.2) is 23.7 Å². The first-order chi connectivity index (χ1) is 7.58. The highest BCUT2D eigenvalue weighted by Gasteiger charge is 2.13. The molecule has 1 rings (SSSR count). The van der Waals surface area contributed by atoms with Gasteiger partial charge in [0.25, 0.3) is 5.91 Å². The molecule has 0 saturated heterocycles. The van der Waals surface area contributed by atoms with Crippen LogP contribution in [0.4, 0.5) is 5.69 Å². The molecule has 88 valence electrons. The van der Waals surface area contributed by atoms with E-state index in [0.29, 0.717) is 17.7 Å². The van der Waals surface area contributed by atoms with Gasteiger partial charge < -0.3 is 16.2 Å². The number of aliphatic hydroxyl groups excluding tert-OH is 1. The quantitative estimate of drug-likeness (QED) is 0.735. The number of benzene rings is 1. The Labute approximate surface area is 103 Å². The van der Waals surface area contributed by atoms with Crippen LogP contribution in [0.15, 0.2) is 22.7 Å². The maximum atomic E-state index is 11.8. The second kappa shape index (κ2) is 5.86. The Kier molecular flexibility index (Phi) is 4.76. The fourth-order valence-electron chi connectivity index (χ4n) is 1.28. The minimum absolute atomic E-state index is 0.0708. The number of halogens is 1. The Morgan fingerprint density at radius 2 is 2.31 bits per heavy atom. The van der Waals surface area contributed by atoms with Crippen molar-refractivity contribution in [1.29, 1.82) is 0 Å². The van der Waals surface area contributed by atoms with E-state index in [1.165, 1.54) is 0 Å². The van der Waals surface area contributed by atoms with Crippen molar-refractivity contribution >= 4 is 27.5 Å². The predicted molar refractivity (Wildman–Crippen MR) is 67.2 cm³/mol. The molecule has 1 aromatic rings. The van der Waals surface area contributed by atoms with Crippen LogP contribution in [0.1, 0.15) is 23.7 Å². The van der Waals surface area contributed by atoms with Crippen molar-refractivity contribution in [2.24, 2.45) is 0 Å². The molecule has 0 saturated carbocycles. The Bertz CT molecular complexity index is 378. The van der Waals surface area contributed by atoms with Crippen molar-refractivity contribution in [3.05, 3.63) is 28.2 Å². The van der Waals surface area contributed by atoms with E-state index in [1.54, 1.807) is 18.2 Å². The molecule has 0 aliphatic rings. The average molecular weight is 287 g/mol. The molecular weight excluding hydrogens is 272 g/mol. The summed E-state index contributed by atoms with van der Waals surface area (Å²) in [5.41, 5.74) is 6.57. The summed E-state index contributed by atoms with van der Waals surface area (Å²) >= 11 is 3.27. The van der Waals surface area contributed by atoms with Crippen LogP contribution >= 0.6 is 15.9 Å². The van der Waals surface area contributed by atoms with Gasteiger partial charge >= 0.3 is 0 Å². The third kappa shape index (κ3) is 3.21. The van der Waals surface area contributed by atoms with Crippen molar-refractivity contribution in [2.45, 2.75) is 19.4 Å². The minimum Gasteiger partial charge on any atom is -0.398 e. The lowest BCUT2D eigenvalue weighted by Gasteiger charge is -2.14.